The van der Waals surface area contributed by atoms with Gasteiger partial charge in [-0.15, -0.1) is 11.3 Å². The van der Waals surface area contributed by atoms with E-state index in [9.17, 15) is 0 Å². The highest BCUT2D eigenvalue weighted by Gasteiger charge is 2.23. The first-order valence-corrected chi connectivity index (χ1v) is 9.15. The zero-order chi connectivity index (χ0) is 15.9. The zero-order valence-corrected chi connectivity index (χ0v) is 14.0. The van der Waals surface area contributed by atoms with Gasteiger partial charge in [0.05, 0.1) is 21.4 Å². The van der Waals surface area contributed by atoms with E-state index in [1.807, 2.05) is 17.8 Å². The van der Waals surface area contributed by atoms with E-state index in [1.54, 1.807) is 11.3 Å². The highest BCUT2D eigenvalue weighted by atomic mass is 32.1. The number of nitrogens with zero attached hydrogens (tertiary/aromatic N) is 2. The SMILES string of the molecule is c1cc(-c2ncccc2-c2ccc3ncsc3c2)cc(C2CC2)c1. The number of hydrogen-bond acceptors (Lipinski definition) is 3. The Morgan fingerprint density at radius 1 is 0.875 bits per heavy atom. The maximum atomic E-state index is 4.70. The third-order valence-corrected chi connectivity index (χ3v) is 5.45. The number of thiazole rings is 1. The lowest BCUT2D eigenvalue weighted by Gasteiger charge is -2.10. The highest BCUT2D eigenvalue weighted by molar-refractivity contribution is 7.16. The van der Waals surface area contributed by atoms with Crippen molar-refractivity contribution in [2.45, 2.75) is 18.8 Å². The molecule has 2 aromatic heterocycles. The Morgan fingerprint density at radius 2 is 1.83 bits per heavy atom. The van der Waals surface area contributed by atoms with Crippen LogP contribution in [0.25, 0.3) is 32.6 Å². The molecule has 0 bridgehead atoms. The molecule has 0 amide bonds. The van der Waals surface area contributed by atoms with E-state index in [2.05, 4.69) is 53.5 Å². The molecule has 0 N–H and O–H groups in total. The highest BCUT2D eigenvalue weighted by Crippen LogP contribution is 2.41. The standard InChI is InChI=1S/C21H16N2S/c1-3-15(14-6-7-14)11-17(4-1)21-18(5-2-10-22-21)16-8-9-19-20(12-16)24-13-23-19/h1-5,8-14H,6-7H2. The minimum Gasteiger partial charge on any atom is -0.256 e. The monoisotopic (exact) mass is 328 g/mol. The summed E-state index contributed by atoms with van der Waals surface area (Å²) < 4.78 is 1.22. The van der Waals surface area contributed by atoms with Crippen LogP contribution in [-0.2, 0) is 0 Å². The molecule has 5 rings (SSSR count). The summed E-state index contributed by atoms with van der Waals surface area (Å²) in [5, 5.41) is 0. The Bertz CT molecular complexity index is 1030. The average molecular weight is 328 g/mol. The molecule has 1 aliphatic carbocycles. The number of pyridine rings is 1. The molecule has 1 fully saturated rings. The van der Waals surface area contributed by atoms with Crippen molar-refractivity contribution in [2.75, 3.05) is 0 Å². The minimum absolute atomic E-state index is 0.755. The van der Waals surface area contributed by atoms with Crippen molar-refractivity contribution in [1.29, 1.82) is 0 Å². The van der Waals surface area contributed by atoms with E-state index < -0.39 is 0 Å². The van der Waals surface area contributed by atoms with Crippen LogP contribution in [0.1, 0.15) is 24.3 Å². The zero-order valence-electron chi connectivity index (χ0n) is 13.1. The molecule has 0 radical (unpaired) electrons. The Kier molecular flexibility index (Phi) is 3.20. The predicted molar refractivity (Wildman–Crippen MR) is 100 cm³/mol. The van der Waals surface area contributed by atoms with Gasteiger partial charge in [0, 0.05) is 17.3 Å². The number of fused-ring (bicyclic) bond motifs is 1. The van der Waals surface area contributed by atoms with Gasteiger partial charge in [0.15, 0.2) is 0 Å². The topological polar surface area (TPSA) is 25.8 Å². The third kappa shape index (κ3) is 2.42. The van der Waals surface area contributed by atoms with Crippen molar-refractivity contribution in [2.24, 2.45) is 0 Å². The Labute approximate surface area is 144 Å². The fourth-order valence-corrected chi connectivity index (χ4v) is 3.96. The third-order valence-electron chi connectivity index (χ3n) is 4.66. The van der Waals surface area contributed by atoms with Crippen molar-refractivity contribution >= 4 is 21.6 Å². The molecule has 2 aromatic carbocycles. The van der Waals surface area contributed by atoms with E-state index in [0.29, 0.717) is 0 Å². The largest absolute Gasteiger partial charge is 0.256 e. The van der Waals surface area contributed by atoms with Crippen LogP contribution in [0.3, 0.4) is 0 Å². The van der Waals surface area contributed by atoms with Crippen LogP contribution in [0.4, 0.5) is 0 Å². The molecule has 4 aromatic rings. The van der Waals surface area contributed by atoms with Crippen molar-refractivity contribution in [1.82, 2.24) is 9.97 Å². The van der Waals surface area contributed by atoms with Crippen molar-refractivity contribution < 1.29 is 0 Å². The van der Waals surface area contributed by atoms with Crippen molar-refractivity contribution in [3.63, 3.8) is 0 Å². The molecule has 0 spiro atoms. The van der Waals surface area contributed by atoms with Crippen LogP contribution in [-0.4, -0.2) is 9.97 Å². The summed E-state index contributed by atoms with van der Waals surface area (Å²) in [4.78, 5) is 9.08. The molecular formula is C21H16N2S. The van der Waals surface area contributed by atoms with Gasteiger partial charge in [-0.1, -0.05) is 30.3 Å². The van der Waals surface area contributed by atoms with Gasteiger partial charge >= 0.3 is 0 Å². The second-order valence-electron chi connectivity index (χ2n) is 6.33. The molecule has 1 saturated carbocycles. The van der Waals surface area contributed by atoms with Crippen LogP contribution >= 0.6 is 11.3 Å². The summed E-state index contributed by atoms with van der Waals surface area (Å²) in [7, 11) is 0. The van der Waals surface area contributed by atoms with Gasteiger partial charge in [-0.25, -0.2) is 4.98 Å². The summed E-state index contributed by atoms with van der Waals surface area (Å²) in [5.41, 5.74) is 9.06. The summed E-state index contributed by atoms with van der Waals surface area (Å²) >= 11 is 1.68. The molecule has 116 valence electrons. The molecular weight excluding hydrogens is 312 g/mol. The molecule has 1 aliphatic rings. The van der Waals surface area contributed by atoms with Gasteiger partial charge in [-0.3, -0.25) is 4.98 Å². The van der Waals surface area contributed by atoms with Gasteiger partial charge in [0.1, 0.15) is 0 Å². The van der Waals surface area contributed by atoms with Crippen molar-refractivity contribution in [3.8, 4) is 22.4 Å². The second-order valence-corrected chi connectivity index (χ2v) is 7.22. The maximum absolute atomic E-state index is 4.70. The van der Waals surface area contributed by atoms with Crippen LogP contribution in [0.2, 0.25) is 0 Å². The van der Waals surface area contributed by atoms with Gasteiger partial charge in [-0.2, -0.15) is 0 Å². The fourth-order valence-electron chi connectivity index (χ4n) is 3.25. The maximum Gasteiger partial charge on any atom is 0.0812 e. The first kappa shape index (κ1) is 13.9. The molecule has 2 nitrogen and oxygen atoms in total. The van der Waals surface area contributed by atoms with Crippen LogP contribution in [0.5, 0.6) is 0 Å². The summed E-state index contributed by atoms with van der Waals surface area (Å²) in [5.74, 6) is 0.755. The van der Waals surface area contributed by atoms with E-state index in [0.717, 1.165) is 17.1 Å². The normalized spacial score (nSPS) is 14.2. The molecule has 3 heteroatoms. The van der Waals surface area contributed by atoms with Gasteiger partial charge in [0.2, 0.25) is 0 Å². The smallest absolute Gasteiger partial charge is 0.0812 e. The number of benzene rings is 2. The van der Waals surface area contributed by atoms with Gasteiger partial charge < -0.3 is 0 Å². The molecule has 0 atom stereocenters. The Morgan fingerprint density at radius 3 is 2.75 bits per heavy atom. The van der Waals surface area contributed by atoms with E-state index in [-0.39, 0.29) is 0 Å². The molecule has 24 heavy (non-hydrogen) atoms. The van der Waals surface area contributed by atoms with Crippen LogP contribution in [0.15, 0.2) is 66.3 Å². The second kappa shape index (κ2) is 5.53. The first-order chi connectivity index (χ1) is 11.9. The fraction of sp³-hybridized carbons (Fsp3) is 0.143. The van der Waals surface area contributed by atoms with E-state index in [4.69, 9.17) is 4.98 Å². The number of hydrogen-bond donors (Lipinski definition) is 0. The van der Waals surface area contributed by atoms with Crippen molar-refractivity contribution in [3.05, 3.63) is 71.9 Å². The molecule has 0 unspecified atom stereocenters. The average Bonchev–Trinajstić information content (AvgIpc) is 3.39. The summed E-state index contributed by atoms with van der Waals surface area (Å²) in [6.45, 7) is 0. The molecule has 2 heterocycles. The van der Waals surface area contributed by atoms with Gasteiger partial charge in [0.25, 0.3) is 0 Å². The number of rotatable bonds is 3. The van der Waals surface area contributed by atoms with Crippen LogP contribution < -0.4 is 0 Å². The summed E-state index contributed by atoms with van der Waals surface area (Å²) in [6, 6.07) is 19.5. The van der Waals surface area contributed by atoms with E-state index in [1.165, 1.54) is 39.8 Å². The molecule has 0 aliphatic heterocycles. The molecule has 0 saturated heterocycles. The minimum atomic E-state index is 0.755. The lowest BCUT2D eigenvalue weighted by molar-refractivity contribution is 1.13. The number of aromatic nitrogens is 2. The lowest BCUT2D eigenvalue weighted by Crippen LogP contribution is -1.90. The Balaban J connectivity index is 1.66. The quantitative estimate of drug-likeness (QED) is 0.468. The Hall–Kier alpha value is -2.52. The first-order valence-electron chi connectivity index (χ1n) is 8.27. The van der Waals surface area contributed by atoms with Gasteiger partial charge in [-0.05, 0) is 54.2 Å². The lowest BCUT2D eigenvalue weighted by atomic mass is 9.97. The predicted octanol–water partition coefficient (Wildman–Crippen LogP) is 5.90. The summed E-state index contributed by atoms with van der Waals surface area (Å²) in [6.07, 6.45) is 4.52. The van der Waals surface area contributed by atoms with E-state index >= 15 is 0 Å². The van der Waals surface area contributed by atoms with Crippen LogP contribution in [0, 0.1) is 0 Å².